The predicted molar refractivity (Wildman–Crippen MR) is 78.0 cm³/mol. The van der Waals surface area contributed by atoms with Crippen LogP contribution in [0.4, 0.5) is 17.2 Å². The minimum Gasteiger partial charge on any atom is -0.340 e. The summed E-state index contributed by atoms with van der Waals surface area (Å²) >= 11 is 0. The molecule has 1 heterocycles. The molecule has 3 heteroatoms. The summed E-state index contributed by atoms with van der Waals surface area (Å²) in [6.07, 6.45) is 3.59. The highest BCUT2D eigenvalue weighted by atomic mass is 15.0. The fourth-order valence-corrected chi connectivity index (χ4v) is 1.63. The summed E-state index contributed by atoms with van der Waals surface area (Å²) < 4.78 is 0. The Morgan fingerprint density at radius 3 is 2.72 bits per heavy atom. The molecule has 0 aliphatic heterocycles. The van der Waals surface area contributed by atoms with E-state index in [1.807, 2.05) is 43.5 Å². The first-order valence-electron chi connectivity index (χ1n) is 5.66. The van der Waals surface area contributed by atoms with Crippen molar-refractivity contribution >= 4 is 30.0 Å². The first-order chi connectivity index (χ1) is 8.72. The van der Waals surface area contributed by atoms with Crippen molar-refractivity contribution in [2.24, 2.45) is 4.99 Å². The number of aliphatic imine (C=N–C) groups is 1. The van der Waals surface area contributed by atoms with Gasteiger partial charge >= 0.3 is 0 Å². The van der Waals surface area contributed by atoms with Crippen LogP contribution in [0.3, 0.4) is 0 Å². The van der Waals surface area contributed by atoms with E-state index >= 15 is 0 Å². The van der Waals surface area contributed by atoms with Crippen LogP contribution in [0.25, 0.3) is 6.08 Å². The van der Waals surface area contributed by atoms with Crippen LogP contribution in [-0.2, 0) is 0 Å². The van der Waals surface area contributed by atoms with Crippen molar-refractivity contribution in [1.29, 1.82) is 0 Å². The van der Waals surface area contributed by atoms with E-state index in [-0.39, 0.29) is 0 Å². The Labute approximate surface area is 107 Å². The quantitative estimate of drug-likeness (QED) is 0.812. The lowest BCUT2D eigenvalue weighted by Gasteiger charge is -2.08. The van der Waals surface area contributed by atoms with Crippen LogP contribution in [-0.4, -0.2) is 11.7 Å². The maximum absolute atomic E-state index is 4.30. The third kappa shape index (κ3) is 2.63. The fraction of sp³-hybridized carbons (Fsp3) is 0.0667. The second kappa shape index (κ2) is 5.27. The molecule has 0 atom stereocenters. The molecule has 90 valence electrons. The van der Waals surface area contributed by atoms with Crippen molar-refractivity contribution in [1.82, 2.24) is 4.98 Å². The first-order valence-corrected chi connectivity index (χ1v) is 5.66. The summed E-state index contributed by atoms with van der Waals surface area (Å²) in [6, 6.07) is 9.78. The van der Waals surface area contributed by atoms with Gasteiger partial charge in [0.15, 0.2) is 0 Å². The minimum absolute atomic E-state index is 0.815. The Balaban J connectivity index is 2.26. The number of anilines is 2. The monoisotopic (exact) mass is 237 g/mol. The van der Waals surface area contributed by atoms with Crippen LogP contribution >= 0.6 is 0 Å². The van der Waals surface area contributed by atoms with Crippen LogP contribution < -0.4 is 5.32 Å². The van der Waals surface area contributed by atoms with Crippen molar-refractivity contribution in [3.05, 3.63) is 54.2 Å². The van der Waals surface area contributed by atoms with Gasteiger partial charge in [-0.15, -0.1) is 0 Å². The van der Waals surface area contributed by atoms with Crippen LogP contribution in [0.1, 0.15) is 11.1 Å². The lowest BCUT2D eigenvalue weighted by atomic mass is 10.1. The molecule has 2 rings (SSSR count). The summed E-state index contributed by atoms with van der Waals surface area (Å²) in [7, 11) is 0. The number of aryl methyl sites for hydroxylation is 1. The van der Waals surface area contributed by atoms with Gasteiger partial charge in [0.25, 0.3) is 0 Å². The lowest BCUT2D eigenvalue weighted by molar-refractivity contribution is 1.26. The molecular formula is C15H15N3. The van der Waals surface area contributed by atoms with Crippen molar-refractivity contribution in [2.45, 2.75) is 6.92 Å². The zero-order chi connectivity index (χ0) is 13.0. The molecule has 0 fully saturated rings. The van der Waals surface area contributed by atoms with E-state index in [1.165, 1.54) is 0 Å². The predicted octanol–water partition coefficient (Wildman–Crippen LogP) is 4.11. The summed E-state index contributed by atoms with van der Waals surface area (Å²) in [5.41, 5.74) is 3.86. The maximum Gasteiger partial charge on any atom is 0.130 e. The number of benzene rings is 1. The third-order valence-corrected chi connectivity index (χ3v) is 2.60. The molecule has 3 nitrogen and oxygen atoms in total. The fourth-order valence-electron chi connectivity index (χ4n) is 1.63. The highest BCUT2D eigenvalue weighted by Crippen LogP contribution is 2.25. The zero-order valence-corrected chi connectivity index (χ0v) is 10.4. The summed E-state index contributed by atoms with van der Waals surface area (Å²) in [5.74, 6) is 0.815. The topological polar surface area (TPSA) is 37.3 Å². The molecule has 0 saturated heterocycles. The largest absolute Gasteiger partial charge is 0.340 e. The average molecular weight is 237 g/mol. The van der Waals surface area contributed by atoms with Crippen molar-refractivity contribution in [2.75, 3.05) is 5.32 Å². The lowest BCUT2D eigenvalue weighted by Crippen LogP contribution is -1.93. The van der Waals surface area contributed by atoms with Gasteiger partial charge in [-0.3, -0.25) is 4.99 Å². The number of aromatic nitrogens is 1. The normalized spacial score (nSPS) is 9.83. The minimum atomic E-state index is 0.815. The Bertz CT molecular complexity index is 571. The van der Waals surface area contributed by atoms with Crippen molar-refractivity contribution < 1.29 is 0 Å². The highest BCUT2D eigenvalue weighted by Gasteiger charge is 2.00. The number of nitrogens with one attached hydrogen (secondary N) is 1. The molecule has 0 unspecified atom stereocenters. The van der Waals surface area contributed by atoms with Gasteiger partial charge < -0.3 is 5.32 Å². The van der Waals surface area contributed by atoms with Crippen molar-refractivity contribution in [3.63, 3.8) is 0 Å². The number of hydrogen-bond acceptors (Lipinski definition) is 3. The maximum atomic E-state index is 4.30. The van der Waals surface area contributed by atoms with Crippen LogP contribution in [0.2, 0.25) is 0 Å². The highest BCUT2D eigenvalue weighted by molar-refractivity contribution is 5.71. The van der Waals surface area contributed by atoms with Gasteiger partial charge in [-0.2, -0.15) is 0 Å². The molecule has 0 bridgehead atoms. The number of nitrogens with zero attached hydrogens (tertiary/aromatic N) is 2. The zero-order valence-electron chi connectivity index (χ0n) is 10.4. The Kier molecular flexibility index (Phi) is 3.53. The average Bonchev–Trinajstić information content (AvgIpc) is 2.41. The number of pyridine rings is 1. The van der Waals surface area contributed by atoms with Crippen LogP contribution in [0.5, 0.6) is 0 Å². The van der Waals surface area contributed by atoms with Gasteiger partial charge in [-0.25, -0.2) is 4.98 Å². The molecule has 1 N–H and O–H groups in total. The molecule has 18 heavy (non-hydrogen) atoms. The van der Waals surface area contributed by atoms with Crippen LogP contribution in [0, 0.1) is 6.92 Å². The van der Waals surface area contributed by atoms with Gasteiger partial charge in [0.05, 0.1) is 5.69 Å². The molecular weight excluding hydrogens is 222 g/mol. The standard InChI is InChI=1S/C15H15N3/c1-4-12-9-13(6-7-14(12)16-3)18-15-8-5-11(2)10-17-15/h4-10H,1,3H2,2H3,(H,17,18). The molecule has 0 aliphatic rings. The van der Waals surface area contributed by atoms with E-state index in [2.05, 4.69) is 28.6 Å². The second-order valence-electron chi connectivity index (χ2n) is 3.98. The molecule has 0 amide bonds. The van der Waals surface area contributed by atoms with E-state index in [0.29, 0.717) is 0 Å². The smallest absolute Gasteiger partial charge is 0.130 e. The van der Waals surface area contributed by atoms with E-state index in [1.54, 1.807) is 6.08 Å². The second-order valence-corrected chi connectivity index (χ2v) is 3.98. The summed E-state index contributed by atoms with van der Waals surface area (Å²) in [6.45, 7) is 9.31. The van der Waals surface area contributed by atoms with E-state index in [9.17, 15) is 0 Å². The van der Waals surface area contributed by atoms with Gasteiger partial charge in [0.2, 0.25) is 0 Å². The summed E-state index contributed by atoms with van der Waals surface area (Å²) in [5, 5.41) is 3.24. The molecule has 0 saturated carbocycles. The van der Waals surface area contributed by atoms with Crippen LogP contribution in [0.15, 0.2) is 48.1 Å². The summed E-state index contributed by atoms with van der Waals surface area (Å²) in [4.78, 5) is 8.24. The molecule has 2 aromatic rings. The first kappa shape index (κ1) is 12.0. The van der Waals surface area contributed by atoms with Gasteiger partial charge in [0, 0.05) is 17.4 Å². The van der Waals surface area contributed by atoms with Gasteiger partial charge in [-0.05, 0) is 43.5 Å². The number of hydrogen-bond donors (Lipinski definition) is 1. The third-order valence-electron chi connectivity index (χ3n) is 2.60. The van der Waals surface area contributed by atoms with E-state index < -0.39 is 0 Å². The van der Waals surface area contributed by atoms with E-state index in [0.717, 1.165) is 28.3 Å². The molecule has 0 radical (unpaired) electrons. The Morgan fingerprint density at radius 2 is 2.11 bits per heavy atom. The SMILES string of the molecule is C=Cc1cc(Nc2ccc(C)cn2)ccc1N=C. The molecule has 0 spiro atoms. The number of rotatable bonds is 4. The Hall–Kier alpha value is -2.42. The van der Waals surface area contributed by atoms with Gasteiger partial charge in [0.1, 0.15) is 5.82 Å². The van der Waals surface area contributed by atoms with E-state index in [4.69, 9.17) is 0 Å². The molecule has 1 aromatic heterocycles. The molecule has 1 aromatic carbocycles. The van der Waals surface area contributed by atoms with Gasteiger partial charge in [-0.1, -0.05) is 18.7 Å². The molecule has 0 aliphatic carbocycles. The van der Waals surface area contributed by atoms with Crippen molar-refractivity contribution in [3.8, 4) is 0 Å². The Morgan fingerprint density at radius 1 is 1.28 bits per heavy atom.